The highest BCUT2D eigenvalue weighted by atomic mass is 32.1. The molecule has 1 aromatic carbocycles. The minimum absolute atomic E-state index is 0.165. The van der Waals surface area contributed by atoms with E-state index < -0.39 is 0 Å². The Morgan fingerprint density at radius 2 is 2.20 bits per heavy atom. The monoisotopic (exact) mass is 285 g/mol. The maximum Gasteiger partial charge on any atom is 0.0839 e. The molecule has 0 aliphatic rings. The van der Waals surface area contributed by atoms with Crippen LogP contribution < -0.4 is 5.32 Å². The third kappa shape index (κ3) is 2.49. The molecule has 104 valence electrons. The molecule has 0 aliphatic carbocycles. The number of benzene rings is 1. The Balaban J connectivity index is 2.06. The summed E-state index contributed by atoms with van der Waals surface area (Å²) in [5.41, 5.74) is 2.41. The van der Waals surface area contributed by atoms with Crippen LogP contribution in [-0.4, -0.2) is 16.3 Å². The van der Waals surface area contributed by atoms with E-state index in [1.807, 2.05) is 17.9 Å². The van der Waals surface area contributed by atoms with Gasteiger partial charge in [-0.3, -0.25) is 4.68 Å². The second-order valence-corrected chi connectivity index (χ2v) is 5.90. The van der Waals surface area contributed by atoms with E-state index in [-0.39, 0.29) is 6.04 Å². The van der Waals surface area contributed by atoms with Crippen molar-refractivity contribution < 1.29 is 0 Å². The minimum atomic E-state index is 0.165. The first-order chi connectivity index (χ1) is 9.79. The van der Waals surface area contributed by atoms with Crippen LogP contribution in [0.1, 0.15) is 30.6 Å². The van der Waals surface area contributed by atoms with Gasteiger partial charge in [-0.25, -0.2) is 0 Å². The highest BCUT2D eigenvalue weighted by Gasteiger charge is 2.18. The number of aromatic nitrogens is 2. The molecule has 3 nitrogen and oxygen atoms in total. The van der Waals surface area contributed by atoms with E-state index in [9.17, 15) is 0 Å². The van der Waals surface area contributed by atoms with Gasteiger partial charge in [-0.15, -0.1) is 11.3 Å². The molecule has 1 atom stereocenters. The van der Waals surface area contributed by atoms with E-state index in [0.29, 0.717) is 0 Å². The van der Waals surface area contributed by atoms with Gasteiger partial charge in [0.2, 0.25) is 0 Å². The molecule has 0 radical (unpaired) electrons. The molecule has 0 saturated carbocycles. The fourth-order valence-electron chi connectivity index (χ4n) is 2.49. The van der Waals surface area contributed by atoms with Gasteiger partial charge in [0.15, 0.2) is 0 Å². The fraction of sp³-hybridized carbons (Fsp3) is 0.312. The second kappa shape index (κ2) is 5.77. The maximum atomic E-state index is 4.59. The standard InChI is InChI=1S/C16H19N3S/c1-3-9-17-15(14-7-10-19(2)18-14)13-6-4-5-12-8-11-20-16(12)13/h4-8,10-11,15,17H,3,9H2,1-2H3. The van der Waals surface area contributed by atoms with Crippen LogP contribution in [-0.2, 0) is 7.05 Å². The molecule has 4 heteroatoms. The Bertz CT molecular complexity index is 698. The molecule has 3 rings (SSSR count). The van der Waals surface area contributed by atoms with Crippen LogP contribution in [0.5, 0.6) is 0 Å². The van der Waals surface area contributed by atoms with Gasteiger partial charge in [-0.2, -0.15) is 5.10 Å². The first kappa shape index (κ1) is 13.3. The lowest BCUT2D eigenvalue weighted by Crippen LogP contribution is -2.23. The Hall–Kier alpha value is -1.65. The topological polar surface area (TPSA) is 29.9 Å². The number of hydrogen-bond acceptors (Lipinski definition) is 3. The Morgan fingerprint density at radius 3 is 2.95 bits per heavy atom. The molecule has 0 amide bonds. The minimum Gasteiger partial charge on any atom is -0.305 e. The van der Waals surface area contributed by atoms with E-state index in [4.69, 9.17) is 0 Å². The van der Waals surface area contributed by atoms with Gasteiger partial charge in [-0.05, 0) is 41.4 Å². The number of thiophene rings is 1. The van der Waals surface area contributed by atoms with Crippen molar-refractivity contribution in [1.29, 1.82) is 0 Å². The van der Waals surface area contributed by atoms with Crippen molar-refractivity contribution in [3.8, 4) is 0 Å². The molecule has 0 spiro atoms. The Morgan fingerprint density at radius 1 is 1.30 bits per heavy atom. The first-order valence-corrected chi connectivity index (χ1v) is 7.86. The van der Waals surface area contributed by atoms with Crippen molar-refractivity contribution in [3.63, 3.8) is 0 Å². The third-order valence-electron chi connectivity index (χ3n) is 3.45. The van der Waals surface area contributed by atoms with Crippen molar-refractivity contribution in [1.82, 2.24) is 15.1 Å². The van der Waals surface area contributed by atoms with Gasteiger partial charge < -0.3 is 5.32 Å². The predicted molar refractivity (Wildman–Crippen MR) is 85.2 cm³/mol. The smallest absolute Gasteiger partial charge is 0.0839 e. The number of nitrogens with zero attached hydrogens (tertiary/aromatic N) is 2. The van der Waals surface area contributed by atoms with Gasteiger partial charge >= 0.3 is 0 Å². The summed E-state index contributed by atoms with van der Waals surface area (Å²) in [5.74, 6) is 0. The average molecular weight is 285 g/mol. The van der Waals surface area contributed by atoms with Gasteiger partial charge in [-0.1, -0.05) is 25.1 Å². The summed E-state index contributed by atoms with van der Waals surface area (Å²) in [5, 5.41) is 11.7. The molecule has 2 heterocycles. The maximum absolute atomic E-state index is 4.59. The van der Waals surface area contributed by atoms with E-state index in [0.717, 1.165) is 18.7 Å². The van der Waals surface area contributed by atoms with Crippen LogP contribution in [0.25, 0.3) is 10.1 Å². The molecule has 0 bridgehead atoms. The number of fused-ring (bicyclic) bond motifs is 1. The lowest BCUT2D eigenvalue weighted by Gasteiger charge is -2.18. The van der Waals surface area contributed by atoms with Crippen molar-refractivity contribution in [3.05, 3.63) is 53.2 Å². The van der Waals surface area contributed by atoms with Gasteiger partial charge in [0.05, 0.1) is 11.7 Å². The lowest BCUT2D eigenvalue weighted by atomic mass is 10.0. The van der Waals surface area contributed by atoms with Crippen molar-refractivity contribution in [2.75, 3.05) is 6.54 Å². The molecular weight excluding hydrogens is 266 g/mol. The average Bonchev–Trinajstić information content (AvgIpc) is 3.08. The summed E-state index contributed by atoms with van der Waals surface area (Å²) in [6.07, 6.45) is 3.12. The highest BCUT2D eigenvalue weighted by molar-refractivity contribution is 7.17. The van der Waals surface area contributed by atoms with Crippen LogP contribution in [0.3, 0.4) is 0 Å². The summed E-state index contributed by atoms with van der Waals surface area (Å²) in [4.78, 5) is 0. The molecule has 3 aromatic rings. The zero-order valence-electron chi connectivity index (χ0n) is 11.8. The van der Waals surface area contributed by atoms with E-state index in [2.05, 4.69) is 53.1 Å². The Kier molecular flexibility index (Phi) is 3.85. The van der Waals surface area contributed by atoms with Gasteiger partial charge in [0, 0.05) is 17.9 Å². The van der Waals surface area contributed by atoms with E-state index >= 15 is 0 Å². The van der Waals surface area contributed by atoms with Crippen molar-refractivity contribution >= 4 is 21.4 Å². The SMILES string of the molecule is CCCNC(c1ccn(C)n1)c1cccc2ccsc12. The zero-order chi connectivity index (χ0) is 13.9. The summed E-state index contributed by atoms with van der Waals surface area (Å²) < 4.78 is 3.22. The zero-order valence-corrected chi connectivity index (χ0v) is 12.7. The molecule has 2 aromatic heterocycles. The van der Waals surface area contributed by atoms with E-state index in [1.54, 1.807) is 11.3 Å². The quantitative estimate of drug-likeness (QED) is 0.774. The third-order valence-corrected chi connectivity index (χ3v) is 4.43. The van der Waals surface area contributed by atoms with Crippen LogP contribution >= 0.6 is 11.3 Å². The molecule has 0 saturated heterocycles. The molecule has 0 fully saturated rings. The van der Waals surface area contributed by atoms with Crippen molar-refractivity contribution in [2.24, 2.45) is 7.05 Å². The summed E-state index contributed by atoms with van der Waals surface area (Å²) in [6, 6.07) is 11.0. The largest absolute Gasteiger partial charge is 0.305 e. The predicted octanol–water partition coefficient (Wildman–Crippen LogP) is 3.72. The fourth-order valence-corrected chi connectivity index (χ4v) is 3.44. The van der Waals surface area contributed by atoms with Gasteiger partial charge in [0.1, 0.15) is 0 Å². The molecule has 20 heavy (non-hydrogen) atoms. The molecule has 1 unspecified atom stereocenters. The van der Waals surface area contributed by atoms with Gasteiger partial charge in [0.25, 0.3) is 0 Å². The second-order valence-electron chi connectivity index (χ2n) is 4.99. The summed E-state index contributed by atoms with van der Waals surface area (Å²) in [6.45, 7) is 3.18. The van der Waals surface area contributed by atoms with E-state index in [1.165, 1.54) is 15.6 Å². The highest BCUT2D eigenvalue weighted by Crippen LogP contribution is 2.31. The molecule has 0 aliphatic heterocycles. The summed E-state index contributed by atoms with van der Waals surface area (Å²) >= 11 is 1.80. The Labute approximate surface area is 123 Å². The molecular formula is C16H19N3S. The first-order valence-electron chi connectivity index (χ1n) is 6.98. The van der Waals surface area contributed by atoms with Crippen LogP contribution in [0.15, 0.2) is 41.9 Å². The van der Waals surface area contributed by atoms with Crippen molar-refractivity contribution in [2.45, 2.75) is 19.4 Å². The van der Waals surface area contributed by atoms with Crippen LogP contribution in [0.2, 0.25) is 0 Å². The van der Waals surface area contributed by atoms with Crippen LogP contribution in [0.4, 0.5) is 0 Å². The molecule has 1 N–H and O–H groups in total. The van der Waals surface area contributed by atoms with Crippen LogP contribution in [0, 0.1) is 0 Å². The number of aryl methyl sites for hydroxylation is 1. The number of nitrogens with one attached hydrogen (secondary N) is 1. The lowest BCUT2D eigenvalue weighted by molar-refractivity contribution is 0.579. The number of rotatable bonds is 5. The normalized spacial score (nSPS) is 12.9. The number of hydrogen-bond donors (Lipinski definition) is 1. The summed E-state index contributed by atoms with van der Waals surface area (Å²) in [7, 11) is 1.96.